The molecule has 6 nitrogen and oxygen atoms in total. The van der Waals surface area contributed by atoms with E-state index in [9.17, 15) is 9.90 Å². The number of aromatic carboxylic acids is 1. The number of rotatable bonds is 4. The molecule has 154 valence electrons. The number of carboxylic acid groups (broad SMARTS) is 1. The normalized spacial score (nSPS) is 13.9. The van der Waals surface area contributed by atoms with Gasteiger partial charge in [-0.1, -0.05) is 30.3 Å². The lowest BCUT2D eigenvalue weighted by Crippen LogP contribution is -2.00. The highest BCUT2D eigenvalue weighted by atomic mass is 16.5. The Kier molecular flexibility index (Phi) is 4.67. The third kappa shape index (κ3) is 3.42. The topological polar surface area (TPSA) is 73.6 Å². The molecule has 1 N–H and O–H groups in total. The number of hydrogen-bond acceptors (Lipinski definition) is 4. The molecular weight excluding hydrogens is 392 g/mol. The van der Waals surface area contributed by atoms with Crippen LogP contribution in [-0.2, 0) is 13.2 Å². The molecule has 0 fully saturated rings. The van der Waals surface area contributed by atoms with Crippen LogP contribution in [0.25, 0.3) is 16.6 Å². The third-order valence-electron chi connectivity index (χ3n) is 5.53. The zero-order chi connectivity index (χ0) is 21.4. The molecule has 4 aromatic rings. The van der Waals surface area contributed by atoms with E-state index >= 15 is 0 Å². The lowest BCUT2D eigenvalue weighted by Gasteiger charge is -2.12. The summed E-state index contributed by atoms with van der Waals surface area (Å²) in [5, 5.41) is 9.50. The predicted octanol–water partition coefficient (Wildman–Crippen LogP) is 4.77. The van der Waals surface area contributed by atoms with E-state index in [1.807, 2.05) is 47.0 Å². The van der Waals surface area contributed by atoms with Gasteiger partial charge in [-0.2, -0.15) is 0 Å². The summed E-state index contributed by atoms with van der Waals surface area (Å²) < 4.78 is 13.4. The van der Waals surface area contributed by atoms with E-state index in [2.05, 4.69) is 11.1 Å². The fourth-order valence-electron chi connectivity index (χ4n) is 3.93. The van der Waals surface area contributed by atoms with Gasteiger partial charge in [0.05, 0.1) is 30.0 Å². The molecule has 0 unspecified atom stereocenters. The molecule has 0 atom stereocenters. The summed E-state index contributed by atoms with van der Waals surface area (Å²) in [6.07, 6.45) is 3.90. The zero-order valence-electron chi connectivity index (χ0n) is 16.9. The highest BCUT2D eigenvalue weighted by Crippen LogP contribution is 2.37. The lowest BCUT2D eigenvalue weighted by atomic mass is 9.93. The van der Waals surface area contributed by atoms with E-state index in [1.165, 1.54) is 0 Å². The van der Waals surface area contributed by atoms with Crippen molar-refractivity contribution in [1.82, 2.24) is 9.55 Å². The van der Waals surface area contributed by atoms with Crippen LogP contribution in [0.1, 0.15) is 27.0 Å². The molecule has 6 heteroatoms. The minimum absolute atomic E-state index is 0.227. The van der Waals surface area contributed by atoms with Crippen molar-refractivity contribution in [2.75, 3.05) is 7.11 Å². The smallest absolute Gasteiger partial charge is 0.335 e. The highest BCUT2D eigenvalue weighted by Gasteiger charge is 2.20. The van der Waals surface area contributed by atoms with E-state index in [0.717, 1.165) is 39.0 Å². The number of hydrogen-bond donors (Lipinski definition) is 1. The molecule has 0 aliphatic carbocycles. The Morgan fingerprint density at radius 1 is 1.16 bits per heavy atom. The minimum Gasteiger partial charge on any atom is -0.497 e. The van der Waals surface area contributed by atoms with Gasteiger partial charge >= 0.3 is 5.97 Å². The summed E-state index contributed by atoms with van der Waals surface area (Å²) in [5.74, 6) is 0.476. The van der Waals surface area contributed by atoms with Gasteiger partial charge < -0.3 is 19.1 Å². The van der Waals surface area contributed by atoms with Crippen LogP contribution in [0.15, 0.2) is 73.1 Å². The number of carboxylic acids is 1. The van der Waals surface area contributed by atoms with Crippen molar-refractivity contribution in [2.24, 2.45) is 0 Å². The van der Waals surface area contributed by atoms with Crippen molar-refractivity contribution in [2.45, 2.75) is 13.2 Å². The molecule has 1 aromatic heterocycles. The highest BCUT2D eigenvalue weighted by molar-refractivity contribution is 5.92. The molecule has 0 radical (unpaired) electrons. The summed E-state index contributed by atoms with van der Waals surface area (Å²) in [5.41, 5.74) is 5.88. The molecule has 0 spiro atoms. The van der Waals surface area contributed by atoms with E-state index in [0.29, 0.717) is 18.9 Å². The number of benzene rings is 3. The Balaban J connectivity index is 1.65. The van der Waals surface area contributed by atoms with Crippen molar-refractivity contribution in [3.05, 3.63) is 95.3 Å². The minimum atomic E-state index is -0.965. The van der Waals surface area contributed by atoms with Crippen molar-refractivity contribution in [3.8, 4) is 11.5 Å². The molecule has 2 heterocycles. The van der Waals surface area contributed by atoms with Gasteiger partial charge in [-0.3, -0.25) is 0 Å². The maximum absolute atomic E-state index is 11.6. The first-order chi connectivity index (χ1) is 15.1. The van der Waals surface area contributed by atoms with Crippen LogP contribution in [0.4, 0.5) is 0 Å². The number of nitrogens with zero attached hydrogens (tertiary/aromatic N) is 2. The second-order valence-corrected chi connectivity index (χ2v) is 7.33. The predicted molar refractivity (Wildman–Crippen MR) is 118 cm³/mol. The number of allylic oxidation sites excluding steroid dienone is 1. The van der Waals surface area contributed by atoms with Gasteiger partial charge in [-0.15, -0.1) is 0 Å². The monoisotopic (exact) mass is 412 g/mol. The fraction of sp³-hybridized carbons (Fsp3) is 0.120. The van der Waals surface area contributed by atoms with Gasteiger partial charge in [-0.05, 0) is 47.0 Å². The SMILES string of the molecule is COc1ccc2ncn(CC=C3c4ccccc4COc4ccc(C(=O)O)cc43)c2c1. The van der Waals surface area contributed by atoms with Gasteiger partial charge in [0.1, 0.15) is 18.1 Å². The zero-order valence-corrected chi connectivity index (χ0v) is 16.9. The van der Waals surface area contributed by atoms with E-state index in [-0.39, 0.29) is 5.56 Å². The maximum Gasteiger partial charge on any atom is 0.335 e. The van der Waals surface area contributed by atoms with Gasteiger partial charge in [-0.25, -0.2) is 9.78 Å². The van der Waals surface area contributed by atoms with Crippen LogP contribution in [-0.4, -0.2) is 27.7 Å². The first-order valence-corrected chi connectivity index (χ1v) is 9.92. The Labute approximate surface area is 179 Å². The lowest BCUT2D eigenvalue weighted by molar-refractivity contribution is 0.0697. The quantitative estimate of drug-likeness (QED) is 0.523. The van der Waals surface area contributed by atoms with Crippen LogP contribution in [0.3, 0.4) is 0 Å². The average molecular weight is 412 g/mol. The molecule has 0 bridgehead atoms. The molecule has 5 rings (SSSR count). The number of methoxy groups -OCH3 is 1. The Hall–Kier alpha value is -4.06. The Morgan fingerprint density at radius 3 is 2.87 bits per heavy atom. The molecule has 0 amide bonds. The fourth-order valence-corrected chi connectivity index (χ4v) is 3.93. The summed E-state index contributed by atoms with van der Waals surface area (Å²) in [6.45, 7) is 0.988. The first-order valence-electron chi connectivity index (χ1n) is 9.92. The van der Waals surface area contributed by atoms with Crippen LogP contribution < -0.4 is 9.47 Å². The van der Waals surface area contributed by atoms with Gasteiger partial charge in [0.2, 0.25) is 0 Å². The standard InChI is InChI=1S/C25H20N2O4/c1-30-18-7-8-22-23(13-18)27(15-26-22)11-10-20-19-5-3-2-4-17(19)14-31-24-9-6-16(25(28)29)12-21(20)24/h2-10,12-13,15H,11,14H2,1H3,(H,28,29). The van der Waals surface area contributed by atoms with Crippen LogP contribution >= 0.6 is 0 Å². The van der Waals surface area contributed by atoms with Gasteiger partial charge in [0.15, 0.2) is 0 Å². The van der Waals surface area contributed by atoms with Crippen LogP contribution in [0.2, 0.25) is 0 Å². The van der Waals surface area contributed by atoms with Crippen LogP contribution in [0.5, 0.6) is 11.5 Å². The largest absolute Gasteiger partial charge is 0.497 e. The summed E-state index contributed by atoms with van der Waals surface area (Å²) in [6, 6.07) is 18.8. The molecular formula is C25H20N2O4. The number of ether oxygens (including phenoxy) is 2. The molecule has 0 saturated carbocycles. The number of fused-ring (bicyclic) bond motifs is 3. The van der Waals surface area contributed by atoms with Gasteiger partial charge in [0.25, 0.3) is 0 Å². The maximum atomic E-state index is 11.6. The van der Waals surface area contributed by atoms with Crippen molar-refractivity contribution >= 4 is 22.6 Å². The second-order valence-electron chi connectivity index (χ2n) is 7.33. The number of imidazole rings is 1. The molecule has 3 aromatic carbocycles. The number of carbonyl (C=O) groups is 1. The van der Waals surface area contributed by atoms with E-state index in [4.69, 9.17) is 9.47 Å². The Bertz CT molecular complexity index is 1340. The van der Waals surface area contributed by atoms with Crippen molar-refractivity contribution in [3.63, 3.8) is 0 Å². The molecule has 1 aliphatic rings. The average Bonchev–Trinajstić information content (AvgIpc) is 3.13. The summed E-state index contributed by atoms with van der Waals surface area (Å²) >= 11 is 0. The third-order valence-corrected chi connectivity index (χ3v) is 5.53. The molecule has 0 saturated heterocycles. The van der Waals surface area contributed by atoms with Crippen LogP contribution in [0, 0.1) is 0 Å². The summed E-state index contributed by atoms with van der Waals surface area (Å²) in [4.78, 5) is 16.1. The first kappa shape index (κ1) is 18.9. The van der Waals surface area contributed by atoms with Crippen molar-refractivity contribution < 1.29 is 19.4 Å². The Morgan fingerprint density at radius 2 is 2.03 bits per heavy atom. The van der Waals surface area contributed by atoms with Gasteiger partial charge in [0, 0.05) is 18.2 Å². The second kappa shape index (κ2) is 7.65. The molecule has 1 aliphatic heterocycles. The molecule has 31 heavy (non-hydrogen) atoms. The van der Waals surface area contributed by atoms with E-state index < -0.39 is 5.97 Å². The summed E-state index contributed by atoms with van der Waals surface area (Å²) in [7, 11) is 1.64. The van der Waals surface area contributed by atoms with E-state index in [1.54, 1.807) is 31.6 Å². The van der Waals surface area contributed by atoms with Crippen molar-refractivity contribution in [1.29, 1.82) is 0 Å². The number of aromatic nitrogens is 2.